The van der Waals surface area contributed by atoms with Crippen LogP contribution in [-0.4, -0.2) is 26.0 Å². The van der Waals surface area contributed by atoms with E-state index in [4.69, 9.17) is 0 Å². The first-order valence-electron chi connectivity index (χ1n) is 6.75. The molecule has 19 heavy (non-hydrogen) atoms. The van der Waals surface area contributed by atoms with E-state index in [2.05, 4.69) is 10.6 Å². The lowest BCUT2D eigenvalue weighted by Crippen LogP contribution is -2.36. The molecular formula is C15H23FN2O. The van der Waals surface area contributed by atoms with Crippen LogP contribution in [0.3, 0.4) is 0 Å². The zero-order chi connectivity index (χ0) is 14.3. The van der Waals surface area contributed by atoms with Crippen LogP contribution in [0.1, 0.15) is 24.5 Å². The van der Waals surface area contributed by atoms with Gasteiger partial charge in [0.15, 0.2) is 0 Å². The van der Waals surface area contributed by atoms with Crippen molar-refractivity contribution in [2.45, 2.75) is 26.7 Å². The summed E-state index contributed by atoms with van der Waals surface area (Å²) in [6.07, 6.45) is 1.55. The molecule has 0 spiro atoms. The Morgan fingerprint density at radius 1 is 1.42 bits per heavy atom. The summed E-state index contributed by atoms with van der Waals surface area (Å²) >= 11 is 0. The van der Waals surface area contributed by atoms with Crippen molar-refractivity contribution in [2.24, 2.45) is 5.92 Å². The zero-order valence-corrected chi connectivity index (χ0v) is 11.9. The molecule has 0 saturated heterocycles. The Balaban J connectivity index is 2.40. The van der Waals surface area contributed by atoms with E-state index in [-0.39, 0.29) is 17.6 Å². The summed E-state index contributed by atoms with van der Waals surface area (Å²) in [5.41, 5.74) is 1.69. The fourth-order valence-corrected chi connectivity index (χ4v) is 2.01. The molecule has 1 unspecified atom stereocenters. The maximum atomic E-state index is 13.1. The van der Waals surface area contributed by atoms with Crippen LogP contribution in [0.4, 0.5) is 4.39 Å². The van der Waals surface area contributed by atoms with Crippen molar-refractivity contribution >= 4 is 5.91 Å². The van der Waals surface area contributed by atoms with E-state index >= 15 is 0 Å². The summed E-state index contributed by atoms with van der Waals surface area (Å²) in [4.78, 5) is 11.9. The molecule has 1 rings (SSSR count). The second kappa shape index (κ2) is 7.89. The van der Waals surface area contributed by atoms with E-state index in [1.807, 2.05) is 20.0 Å². The van der Waals surface area contributed by atoms with E-state index in [1.165, 1.54) is 6.07 Å². The van der Waals surface area contributed by atoms with Crippen LogP contribution in [0.5, 0.6) is 0 Å². The summed E-state index contributed by atoms with van der Waals surface area (Å²) in [6.45, 7) is 5.03. The number of aryl methyl sites for hydroxylation is 1. The largest absolute Gasteiger partial charge is 0.355 e. The van der Waals surface area contributed by atoms with Crippen molar-refractivity contribution in [1.82, 2.24) is 10.6 Å². The molecule has 0 radical (unpaired) electrons. The van der Waals surface area contributed by atoms with Gasteiger partial charge in [0.2, 0.25) is 5.91 Å². The zero-order valence-electron chi connectivity index (χ0n) is 11.9. The number of rotatable bonds is 7. The normalized spacial score (nSPS) is 12.2. The molecule has 0 aliphatic heterocycles. The molecule has 3 nitrogen and oxygen atoms in total. The topological polar surface area (TPSA) is 41.1 Å². The van der Waals surface area contributed by atoms with Crippen LogP contribution in [-0.2, 0) is 11.2 Å². The number of amides is 1. The van der Waals surface area contributed by atoms with Crippen LogP contribution >= 0.6 is 0 Å². The van der Waals surface area contributed by atoms with Crippen molar-refractivity contribution < 1.29 is 9.18 Å². The van der Waals surface area contributed by atoms with Gasteiger partial charge in [-0.05, 0) is 44.0 Å². The van der Waals surface area contributed by atoms with E-state index in [9.17, 15) is 9.18 Å². The Bertz CT molecular complexity index is 421. The fraction of sp³-hybridized carbons (Fsp3) is 0.533. The van der Waals surface area contributed by atoms with E-state index < -0.39 is 0 Å². The van der Waals surface area contributed by atoms with Gasteiger partial charge in [0.25, 0.3) is 0 Å². The molecule has 0 bridgehead atoms. The number of carbonyl (C=O) groups excluding carboxylic acids is 1. The van der Waals surface area contributed by atoms with Gasteiger partial charge >= 0.3 is 0 Å². The van der Waals surface area contributed by atoms with Gasteiger partial charge in [0, 0.05) is 13.1 Å². The maximum absolute atomic E-state index is 13.1. The standard InChI is InChI=1S/C15H23FN2O/c1-4-13(10-17-3)15(19)18-8-7-12-5-6-14(16)11(2)9-12/h5-6,9,13,17H,4,7-8,10H2,1-3H3,(H,18,19). The third-order valence-electron chi connectivity index (χ3n) is 3.25. The van der Waals surface area contributed by atoms with Crippen molar-refractivity contribution in [3.8, 4) is 0 Å². The number of hydrogen-bond acceptors (Lipinski definition) is 2. The molecule has 4 heteroatoms. The number of benzene rings is 1. The number of nitrogens with one attached hydrogen (secondary N) is 2. The van der Waals surface area contributed by atoms with Crippen molar-refractivity contribution in [3.05, 3.63) is 35.1 Å². The molecule has 106 valence electrons. The molecule has 0 aliphatic rings. The van der Waals surface area contributed by atoms with E-state index in [0.717, 1.165) is 18.4 Å². The minimum Gasteiger partial charge on any atom is -0.355 e. The van der Waals surface area contributed by atoms with E-state index in [1.54, 1.807) is 13.0 Å². The lowest BCUT2D eigenvalue weighted by molar-refractivity contribution is -0.124. The number of hydrogen-bond donors (Lipinski definition) is 2. The molecular weight excluding hydrogens is 243 g/mol. The quantitative estimate of drug-likeness (QED) is 0.793. The molecule has 0 fully saturated rings. The average Bonchev–Trinajstić information content (AvgIpc) is 2.40. The number of carbonyl (C=O) groups is 1. The van der Waals surface area contributed by atoms with Crippen molar-refractivity contribution in [2.75, 3.05) is 20.1 Å². The predicted molar refractivity (Wildman–Crippen MR) is 75.6 cm³/mol. The van der Waals surface area contributed by atoms with Gasteiger partial charge in [-0.15, -0.1) is 0 Å². The number of halogens is 1. The molecule has 0 aliphatic carbocycles. The minimum absolute atomic E-state index is 0.0138. The van der Waals surface area contributed by atoms with E-state index in [0.29, 0.717) is 18.7 Å². The summed E-state index contributed by atoms with van der Waals surface area (Å²) in [7, 11) is 1.84. The van der Waals surface area contributed by atoms with Crippen LogP contribution in [0, 0.1) is 18.7 Å². The minimum atomic E-state index is -0.187. The SMILES string of the molecule is CCC(CNC)C(=O)NCCc1ccc(F)c(C)c1. The van der Waals surface area contributed by atoms with Crippen LogP contribution < -0.4 is 10.6 Å². The second-order valence-corrected chi connectivity index (χ2v) is 4.79. The summed E-state index contributed by atoms with van der Waals surface area (Å²) in [5.74, 6) is -0.0940. The fourth-order valence-electron chi connectivity index (χ4n) is 2.01. The average molecular weight is 266 g/mol. The highest BCUT2D eigenvalue weighted by atomic mass is 19.1. The third-order valence-corrected chi connectivity index (χ3v) is 3.25. The Hall–Kier alpha value is -1.42. The Morgan fingerprint density at radius 3 is 2.74 bits per heavy atom. The molecule has 1 aromatic rings. The van der Waals surface area contributed by atoms with Crippen LogP contribution in [0.15, 0.2) is 18.2 Å². The Kier molecular flexibility index (Phi) is 6.50. The molecule has 1 atom stereocenters. The lowest BCUT2D eigenvalue weighted by atomic mass is 10.1. The smallest absolute Gasteiger partial charge is 0.224 e. The summed E-state index contributed by atoms with van der Waals surface area (Å²) in [5, 5.41) is 5.95. The van der Waals surface area contributed by atoms with Crippen molar-refractivity contribution in [3.63, 3.8) is 0 Å². The summed E-state index contributed by atoms with van der Waals surface area (Å²) in [6, 6.07) is 5.06. The summed E-state index contributed by atoms with van der Waals surface area (Å²) < 4.78 is 13.1. The van der Waals surface area contributed by atoms with Gasteiger partial charge in [-0.2, -0.15) is 0 Å². The molecule has 0 saturated carbocycles. The molecule has 0 heterocycles. The van der Waals surface area contributed by atoms with Gasteiger partial charge in [0.1, 0.15) is 5.82 Å². The van der Waals surface area contributed by atoms with Crippen molar-refractivity contribution in [1.29, 1.82) is 0 Å². The third kappa shape index (κ3) is 4.99. The lowest BCUT2D eigenvalue weighted by Gasteiger charge is -2.14. The first kappa shape index (κ1) is 15.6. The highest BCUT2D eigenvalue weighted by molar-refractivity contribution is 5.78. The monoisotopic (exact) mass is 266 g/mol. The maximum Gasteiger partial charge on any atom is 0.224 e. The van der Waals surface area contributed by atoms with Gasteiger partial charge in [-0.1, -0.05) is 19.1 Å². The molecule has 1 amide bonds. The first-order chi connectivity index (χ1) is 9.08. The molecule has 0 aromatic heterocycles. The van der Waals surface area contributed by atoms with Gasteiger partial charge < -0.3 is 10.6 Å². The predicted octanol–water partition coefficient (Wildman–Crippen LogP) is 2.04. The highest BCUT2D eigenvalue weighted by Crippen LogP contribution is 2.09. The second-order valence-electron chi connectivity index (χ2n) is 4.79. The van der Waals surface area contributed by atoms with Crippen LogP contribution in [0.25, 0.3) is 0 Å². The van der Waals surface area contributed by atoms with Gasteiger partial charge in [-0.3, -0.25) is 4.79 Å². The molecule has 1 aromatic carbocycles. The highest BCUT2D eigenvalue weighted by Gasteiger charge is 2.14. The first-order valence-corrected chi connectivity index (χ1v) is 6.75. The van der Waals surface area contributed by atoms with Gasteiger partial charge in [-0.25, -0.2) is 4.39 Å². The Labute approximate surface area is 114 Å². The molecule has 2 N–H and O–H groups in total. The van der Waals surface area contributed by atoms with Crippen LogP contribution in [0.2, 0.25) is 0 Å². The van der Waals surface area contributed by atoms with Gasteiger partial charge in [0.05, 0.1) is 5.92 Å². The Morgan fingerprint density at radius 2 is 2.16 bits per heavy atom.